The topological polar surface area (TPSA) is 94.2 Å². The molecule has 0 bridgehead atoms. The second-order valence-electron chi connectivity index (χ2n) is 11.9. The SMILES string of the molecule is Cc1cc2c(nc(O[C@@H](C)C3CCCN3C)c3nnn(C4CCN(C=O)CC4)c32)c(F)c1-c1ccc2cnn(C)c2c1. The fourth-order valence-electron chi connectivity index (χ4n) is 6.91. The second kappa shape index (κ2) is 10.3. The molecule has 2 saturated heterocycles. The molecule has 2 fully saturated rings. The molecule has 3 aromatic heterocycles. The van der Waals surface area contributed by atoms with E-state index in [4.69, 9.17) is 9.72 Å². The Morgan fingerprint density at radius 1 is 1.10 bits per heavy atom. The van der Waals surface area contributed by atoms with E-state index in [0.717, 1.165) is 66.2 Å². The first-order valence-corrected chi connectivity index (χ1v) is 14.7. The summed E-state index contributed by atoms with van der Waals surface area (Å²) in [5.41, 5.74) is 4.49. The number of benzene rings is 2. The summed E-state index contributed by atoms with van der Waals surface area (Å²) in [6, 6.07) is 8.13. The van der Waals surface area contributed by atoms with Crippen molar-refractivity contribution in [2.75, 3.05) is 26.7 Å². The average molecular weight is 571 g/mol. The minimum atomic E-state index is -0.396. The standard InChI is InChI=1S/C31H35FN8O2/c1-18-14-23-28(27(32)26(18)20-7-8-21-16-33-38(4)25(21)15-20)34-31(42-19(2)24-6-5-11-37(24)3)29-30(23)40(36-35-29)22-9-12-39(17-41)13-10-22/h7-8,14-17,19,22,24H,5-6,9-13H2,1-4H3/t19-,24?/m0/s1. The van der Waals surface area contributed by atoms with Gasteiger partial charge in [-0.05, 0) is 76.4 Å². The Morgan fingerprint density at radius 3 is 2.64 bits per heavy atom. The lowest BCUT2D eigenvalue weighted by Crippen LogP contribution is -2.38. The normalized spacial score (nSPS) is 19.4. The fraction of sp³-hybridized carbons (Fsp3) is 0.452. The highest BCUT2D eigenvalue weighted by Gasteiger charge is 2.31. The number of aryl methyl sites for hydroxylation is 2. The van der Waals surface area contributed by atoms with Crippen LogP contribution in [-0.2, 0) is 11.8 Å². The van der Waals surface area contributed by atoms with Gasteiger partial charge in [0, 0.05) is 42.5 Å². The molecule has 0 aliphatic carbocycles. The highest BCUT2D eigenvalue weighted by atomic mass is 19.1. The number of carbonyl (C=O) groups is 1. The Morgan fingerprint density at radius 2 is 1.90 bits per heavy atom. The zero-order valence-electron chi connectivity index (χ0n) is 24.4. The van der Waals surface area contributed by atoms with Crippen LogP contribution in [0.5, 0.6) is 5.88 Å². The van der Waals surface area contributed by atoms with Crippen molar-refractivity contribution in [1.82, 2.24) is 39.6 Å². The number of hydrogen-bond acceptors (Lipinski definition) is 7. The van der Waals surface area contributed by atoms with Gasteiger partial charge < -0.3 is 9.64 Å². The van der Waals surface area contributed by atoms with Gasteiger partial charge in [-0.1, -0.05) is 17.3 Å². The lowest BCUT2D eigenvalue weighted by atomic mass is 9.96. The predicted molar refractivity (Wildman–Crippen MR) is 159 cm³/mol. The van der Waals surface area contributed by atoms with E-state index in [9.17, 15) is 4.79 Å². The Bertz CT molecular complexity index is 1820. The van der Waals surface area contributed by atoms with Crippen LogP contribution in [0, 0.1) is 12.7 Å². The molecule has 2 aromatic carbocycles. The number of carbonyl (C=O) groups excluding carboxylic acids is 1. The smallest absolute Gasteiger partial charge is 0.245 e. The number of ether oxygens (including phenoxy) is 1. The summed E-state index contributed by atoms with van der Waals surface area (Å²) >= 11 is 0. The molecule has 0 spiro atoms. The Kier molecular flexibility index (Phi) is 6.56. The van der Waals surface area contributed by atoms with E-state index in [0.29, 0.717) is 35.4 Å². The largest absolute Gasteiger partial charge is 0.471 e. The van der Waals surface area contributed by atoms with E-state index >= 15 is 4.39 Å². The molecule has 0 N–H and O–H groups in total. The Labute approximate surface area is 243 Å². The van der Waals surface area contributed by atoms with Gasteiger partial charge in [-0.3, -0.25) is 14.4 Å². The van der Waals surface area contributed by atoms with Crippen molar-refractivity contribution in [3.63, 3.8) is 0 Å². The van der Waals surface area contributed by atoms with E-state index in [1.807, 2.05) is 49.8 Å². The van der Waals surface area contributed by atoms with E-state index in [2.05, 4.69) is 27.4 Å². The van der Waals surface area contributed by atoms with Gasteiger partial charge in [0.2, 0.25) is 12.3 Å². The van der Waals surface area contributed by atoms with Crippen LogP contribution in [0.15, 0.2) is 30.5 Å². The van der Waals surface area contributed by atoms with Crippen molar-refractivity contribution in [1.29, 1.82) is 0 Å². The van der Waals surface area contributed by atoms with Gasteiger partial charge >= 0.3 is 0 Å². The highest BCUT2D eigenvalue weighted by molar-refractivity contribution is 6.06. The minimum Gasteiger partial charge on any atom is -0.471 e. The third-order valence-electron chi connectivity index (χ3n) is 9.25. The van der Waals surface area contributed by atoms with Crippen LogP contribution in [0.25, 0.3) is 44.0 Å². The number of nitrogens with zero attached hydrogens (tertiary/aromatic N) is 8. The number of fused-ring (bicyclic) bond motifs is 4. The first kappa shape index (κ1) is 26.8. The third-order valence-corrected chi connectivity index (χ3v) is 9.25. The summed E-state index contributed by atoms with van der Waals surface area (Å²) in [7, 11) is 3.99. The molecule has 2 atom stereocenters. The zero-order chi connectivity index (χ0) is 29.1. The predicted octanol–water partition coefficient (Wildman–Crippen LogP) is 4.64. The van der Waals surface area contributed by atoms with Crippen LogP contribution in [-0.4, -0.2) is 84.8 Å². The maximum atomic E-state index is 16.8. The van der Waals surface area contributed by atoms with E-state index in [1.165, 1.54) is 0 Å². The maximum Gasteiger partial charge on any atom is 0.245 e. The highest BCUT2D eigenvalue weighted by Crippen LogP contribution is 2.39. The molecule has 10 nitrogen and oxygen atoms in total. The monoisotopic (exact) mass is 570 g/mol. The molecule has 0 radical (unpaired) electrons. The van der Waals surface area contributed by atoms with Crippen molar-refractivity contribution < 1.29 is 13.9 Å². The molecule has 218 valence electrons. The number of likely N-dealkylation sites (N-methyl/N-ethyl adjacent to an activating group) is 1. The van der Waals surface area contributed by atoms with Gasteiger partial charge in [0.1, 0.15) is 17.1 Å². The molecule has 5 aromatic rings. The van der Waals surface area contributed by atoms with Crippen LogP contribution in [0.1, 0.15) is 44.2 Å². The summed E-state index contributed by atoms with van der Waals surface area (Å²) in [4.78, 5) is 20.2. The molecular weight excluding hydrogens is 535 g/mol. The quantitative estimate of drug-likeness (QED) is 0.275. The number of pyridine rings is 1. The number of hydrogen-bond donors (Lipinski definition) is 0. The van der Waals surface area contributed by atoms with Crippen molar-refractivity contribution in [3.05, 3.63) is 41.8 Å². The van der Waals surface area contributed by atoms with E-state index < -0.39 is 5.82 Å². The first-order valence-electron chi connectivity index (χ1n) is 14.7. The zero-order valence-corrected chi connectivity index (χ0v) is 24.4. The molecular formula is C31H35FN8O2. The summed E-state index contributed by atoms with van der Waals surface area (Å²) in [6.45, 7) is 6.27. The van der Waals surface area contributed by atoms with Crippen molar-refractivity contribution in [2.24, 2.45) is 7.05 Å². The van der Waals surface area contributed by atoms with Crippen LogP contribution in [0.2, 0.25) is 0 Å². The molecule has 1 amide bonds. The molecule has 1 unspecified atom stereocenters. The van der Waals surface area contributed by atoms with Gasteiger partial charge in [0.15, 0.2) is 11.3 Å². The van der Waals surface area contributed by atoms with Crippen LogP contribution < -0.4 is 4.74 Å². The third kappa shape index (κ3) is 4.29. The molecule has 42 heavy (non-hydrogen) atoms. The van der Waals surface area contributed by atoms with Crippen molar-refractivity contribution in [3.8, 4) is 17.0 Å². The summed E-state index contributed by atoms with van der Waals surface area (Å²) in [6.07, 6.45) is 6.17. The molecule has 5 heterocycles. The van der Waals surface area contributed by atoms with Crippen LogP contribution in [0.4, 0.5) is 4.39 Å². The fourth-order valence-corrected chi connectivity index (χ4v) is 6.91. The molecule has 11 heteroatoms. The van der Waals surface area contributed by atoms with Crippen molar-refractivity contribution >= 4 is 39.2 Å². The number of halogens is 1. The number of rotatable bonds is 6. The molecule has 7 rings (SSSR count). The molecule has 2 aliphatic heterocycles. The summed E-state index contributed by atoms with van der Waals surface area (Å²) in [5, 5.41) is 15.1. The van der Waals surface area contributed by atoms with Gasteiger partial charge in [-0.25, -0.2) is 14.1 Å². The summed E-state index contributed by atoms with van der Waals surface area (Å²) < 4.78 is 27.0. The number of aromatic nitrogens is 6. The van der Waals surface area contributed by atoms with Crippen LogP contribution >= 0.6 is 0 Å². The van der Waals surface area contributed by atoms with Gasteiger partial charge in [0.25, 0.3) is 0 Å². The lowest BCUT2D eigenvalue weighted by Gasteiger charge is -2.29. The van der Waals surface area contributed by atoms with Gasteiger partial charge in [-0.15, -0.1) is 5.10 Å². The van der Waals surface area contributed by atoms with Gasteiger partial charge in [0.05, 0.1) is 17.8 Å². The number of likely N-dealkylation sites (tertiary alicyclic amines) is 2. The number of amides is 1. The Hall–Kier alpha value is -4.12. The average Bonchev–Trinajstić information content (AvgIpc) is 3.72. The second-order valence-corrected chi connectivity index (χ2v) is 11.9. The van der Waals surface area contributed by atoms with E-state index in [1.54, 1.807) is 15.8 Å². The minimum absolute atomic E-state index is 0.0262. The summed E-state index contributed by atoms with van der Waals surface area (Å²) in [5.74, 6) is -0.0925. The van der Waals surface area contributed by atoms with E-state index in [-0.39, 0.29) is 23.7 Å². The maximum absolute atomic E-state index is 16.8. The lowest BCUT2D eigenvalue weighted by molar-refractivity contribution is -0.119. The van der Waals surface area contributed by atoms with Crippen LogP contribution in [0.3, 0.4) is 0 Å². The number of piperidine rings is 1. The van der Waals surface area contributed by atoms with Crippen molar-refractivity contribution in [2.45, 2.75) is 57.7 Å². The molecule has 2 aliphatic rings. The first-order chi connectivity index (χ1) is 20.3. The Balaban J connectivity index is 1.42. The van der Waals surface area contributed by atoms with Gasteiger partial charge in [-0.2, -0.15) is 5.10 Å². The molecule has 0 saturated carbocycles.